The summed E-state index contributed by atoms with van der Waals surface area (Å²) in [6, 6.07) is 0. The molecule has 0 aromatic carbocycles. The third-order valence-corrected chi connectivity index (χ3v) is 3.78. The first-order valence-electron chi connectivity index (χ1n) is 5.66. The Balaban J connectivity index is 2.33. The SMILES string of the molecule is CCCCOC(=O)[C@H]1C[C@@H](C)C1(C)C. The summed E-state index contributed by atoms with van der Waals surface area (Å²) in [7, 11) is 0. The maximum absolute atomic E-state index is 11.6. The summed E-state index contributed by atoms with van der Waals surface area (Å²) >= 11 is 0. The summed E-state index contributed by atoms with van der Waals surface area (Å²) in [6.45, 7) is 9.22. The lowest BCUT2D eigenvalue weighted by molar-refractivity contribution is -0.164. The number of carbonyl (C=O) groups excluding carboxylic acids is 1. The molecule has 1 aliphatic rings. The highest BCUT2D eigenvalue weighted by Gasteiger charge is 2.49. The second-order valence-corrected chi connectivity index (χ2v) is 5.03. The third-order valence-electron chi connectivity index (χ3n) is 3.78. The Kier molecular flexibility index (Phi) is 3.57. The van der Waals surface area contributed by atoms with Crippen molar-refractivity contribution < 1.29 is 9.53 Å². The van der Waals surface area contributed by atoms with E-state index < -0.39 is 0 Å². The fraction of sp³-hybridized carbons (Fsp3) is 0.917. The standard InChI is InChI=1S/C12H22O2/c1-5-6-7-14-11(13)10-8-9(2)12(10,3)4/h9-10H,5-8H2,1-4H3/t9-,10-/m1/s1. The van der Waals surface area contributed by atoms with Crippen LogP contribution < -0.4 is 0 Å². The summed E-state index contributed by atoms with van der Waals surface area (Å²) in [4.78, 5) is 11.6. The maximum atomic E-state index is 11.6. The van der Waals surface area contributed by atoms with Crippen LogP contribution in [0.1, 0.15) is 47.0 Å². The largest absolute Gasteiger partial charge is 0.465 e. The fourth-order valence-corrected chi connectivity index (χ4v) is 1.96. The summed E-state index contributed by atoms with van der Waals surface area (Å²) < 4.78 is 5.23. The number of carbonyl (C=O) groups is 1. The molecule has 0 radical (unpaired) electrons. The van der Waals surface area contributed by atoms with E-state index in [1.165, 1.54) is 0 Å². The third kappa shape index (κ3) is 2.10. The molecule has 2 atom stereocenters. The first-order chi connectivity index (χ1) is 6.50. The van der Waals surface area contributed by atoms with Crippen LogP contribution in [0.4, 0.5) is 0 Å². The van der Waals surface area contributed by atoms with Gasteiger partial charge in [0.1, 0.15) is 0 Å². The van der Waals surface area contributed by atoms with Crippen LogP contribution in [0.15, 0.2) is 0 Å². The van der Waals surface area contributed by atoms with Gasteiger partial charge in [-0.1, -0.05) is 34.1 Å². The molecule has 1 fully saturated rings. The number of esters is 1. The molecule has 1 aliphatic carbocycles. The highest BCUT2D eigenvalue weighted by atomic mass is 16.5. The highest BCUT2D eigenvalue weighted by Crippen LogP contribution is 2.51. The molecule has 0 amide bonds. The Morgan fingerprint density at radius 3 is 2.57 bits per heavy atom. The summed E-state index contributed by atoms with van der Waals surface area (Å²) in [5.41, 5.74) is 0.142. The number of rotatable bonds is 4. The molecule has 0 heterocycles. The molecule has 0 bridgehead atoms. The Hall–Kier alpha value is -0.530. The van der Waals surface area contributed by atoms with Crippen LogP contribution >= 0.6 is 0 Å². The molecule has 82 valence electrons. The van der Waals surface area contributed by atoms with E-state index in [-0.39, 0.29) is 17.3 Å². The molecule has 0 aromatic heterocycles. The van der Waals surface area contributed by atoms with Gasteiger partial charge in [0.05, 0.1) is 12.5 Å². The molecule has 2 heteroatoms. The van der Waals surface area contributed by atoms with E-state index >= 15 is 0 Å². The lowest BCUT2D eigenvalue weighted by Gasteiger charge is -2.49. The minimum absolute atomic E-state index is 0.0153. The molecule has 0 N–H and O–H groups in total. The number of hydrogen-bond donors (Lipinski definition) is 0. The number of unbranched alkanes of at least 4 members (excludes halogenated alkanes) is 1. The predicted octanol–water partition coefficient (Wildman–Crippen LogP) is 3.01. The second kappa shape index (κ2) is 4.33. The van der Waals surface area contributed by atoms with Gasteiger partial charge in [-0.05, 0) is 24.2 Å². The van der Waals surface area contributed by atoms with Gasteiger partial charge in [0.15, 0.2) is 0 Å². The van der Waals surface area contributed by atoms with Crippen molar-refractivity contribution in [2.24, 2.45) is 17.3 Å². The normalized spacial score (nSPS) is 29.4. The van der Waals surface area contributed by atoms with E-state index in [0.29, 0.717) is 12.5 Å². The van der Waals surface area contributed by atoms with E-state index in [1.54, 1.807) is 0 Å². The Morgan fingerprint density at radius 1 is 1.50 bits per heavy atom. The monoisotopic (exact) mass is 198 g/mol. The summed E-state index contributed by atoms with van der Waals surface area (Å²) in [5.74, 6) is 0.794. The Morgan fingerprint density at radius 2 is 2.14 bits per heavy atom. The van der Waals surface area contributed by atoms with Crippen molar-refractivity contribution in [2.45, 2.75) is 47.0 Å². The summed E-state index contributed by atoms with van der Waals surface area (Å²) in [6.07, 6.45) is 3.06. The molecule has 2 nitrogen and oxygen atoms in total. The van der Waals surface area contributed by atoms with E-state index in [1.807, 2.05) is 0 Å². The van der Waals surface area contributed by atoms with E-state index in [4.69, 9.17) is 4.74 Å². The Bertz CT molecular complexity index is 208. The van der Waals surface area contributed by atoms with Gasteiger partial charge in [-0.25, -0.2) is 0 Å². The number of hydrogen-bond acceptors (Lipinski definition) is 2. The van der Waals surface area contributed by atoms with Crippen LogP contribution in [0.25, 0.3) is 0 Å². The van der Waals surface area contributed by atoms with Gasteiger partial charge in [-0.15, -0.1) is 0 Å². The van der Waals surface area contributed by atoms with Gasteiger partial charge in [0.2, 0.25) is 0 Å². The maximum Gasteiger partial charge on any atom is 0.309 e. The zero-order chi connectivity index (χ0) is 10.8. The lowest BCUT2D eigenvalue weighted by Crippen LogP contribution is -2.48. The molecule has 1 rings (SSSR count). The first-order valence-corrected chi connectivity index (χ1v) is 5.66. The predicted molar refractivity (Wildman–Crippen MR) is 56.9 cm³/mol. The van der Waals surface area contributed by atoms with Crippen molar-refractivity contribution in [3.8, 4) is 0 Å². The molecule has 0 unspecified atom stereocenters. The van der Waals surface area contributed by atoms with E-state index in [9.17, 15) is 4.79 Å². The van der Waals surface area contributed by atoms with Crippen molar-refractivity contribution >= 4 is 5.97 Å². The van der Waals surface area contributed by atoms with Crippen molar-refractivity contribution in [2.75, 3.05) is 6.61 Å². The lowest BCUT2D eigenvalue weighted by atomic mass is 9.55. The Labute approximate surface area is 87.0 Å². The molecule has 0 spiro atoms. The first kappa shape index (κ1) is 11.5. The highest BCUT2D eigenvalue weighted by molar-refractivity contribution is 5.74. The van der Waals surface area contributed by atoms with Gasteiger partial charge in [-0.3, -0.25) is 4.79 Å². The van der Waals surface area contributed by atoms with Gasteiger partial charge in [0, 0.05) is 0 Å². The van der Waals surface area contributed by atoms with Gasteiger partial charge < -0.3 is 4.74 Å². The van der Waals surface area contributed by atoms with Crippen LogP contribution in [0, 0.1) is 17.3 Å². The smallest absolute Gasteiger partial charge is 0.309 e. The zero-order valence-electron chi connectivity index (χ0n) is 9.80. The van der Waals surface area contributed by atoms with Crippen molar-refractivity contribution in [1.29, 1.82) is 0 Å². The quantitative estimate of drug-likeness (QED) is 0.512. The number of ether oxygens (including phenoxy) is 1. The molecule has 0 aliphatic heterocycles. The minimum Gasteiger partial charge on any atom is -0.465 e. The van der Waals surface area contributed by atoms with Gasteiger partial charge in [0.25, 0.3) is 0 Å². The molecule has 0 saturated heterocycles. The topological polar surface area (TPSA) is 26.3 Å². The fourth-order valence-electron chi connectivity index (χ4n) is 1.96. The van der Waals surface area contributed by atoms with Crippen LogP contribution in [0.3, 0.4) is 0 Å². The average Bonchev–Trinajstić information content (AvgIpc) is 2.14. The van der Waals surface area contributed by atoms with Gasteiger partial charge in [-0.2, -0.15) is 0 Å². The van der Waals surface area contributed by atoms with Crippen LogP contribution in [0.5, 0.6) is 0 Å². The zero-order valence-corrected chi connectivity index (χ0v) is 9.80. The van der Waals surface area contributed by atoms with E-state index in [0.717, 1.165) is 19.3 Å². The summed E-state index contributed by atoms with van der Waals surface area (Å²) in [5, 5.41) is 0. The molecule has 14 heavy (non-hydrogen) atoms. The van der Waals surface area contributed by atoms with Gasteiger partial charge >= 0.3 is 5.97 Å². The van der Waals surface area contributed by atoms with Crippen LogP contribution in [-0.2, 0) is 9.53 Å². The van der Waals surface area contributed by atoms with Crippen molar-refractivity contribution in [3.05, 3.63) is 0 Å². The van der Waals surface area contributed by atoms with Crippen molar-refractivity contribution in [3.63, 3.8) is 0 Å². The molecular weight excluding hydrogens is 176 g/mol. The van der Waals surface area contributed by atoms with Crippen LogP contribution in [-0.4, -0.2) is 12.6 Å². The van der Waals surface area contributed by atoms with Crippen LogP contribution in [0.2, 0.25) is 0 Å². The van der Waals surface area contributed by atoms with Crippen molar-refractivity contribution in [1.82, 2.24) is 0 Å². The molecule has 1 saturated carbocycles. The minimum atomic E-state index is 0.0153. The molecule has 0 aromatic rings. The van der Waals surface area contributed by atoms with E-state index in [2.05, 4.69) is 27.7 Å². The average molecular weight is 198 g/mol. The molecular formula is C12H22O2. The second-order valence-electron chi connectivity index (χ2n) is 5.03.